The molecular formula is C18H25FN6. The lowest BCUT2D eigenvalue weighted by molar-refractivity contribution is 0.606. The van der Waals surface area contributed by atoms with Crippen LogP contribution in [0.4, 0.5) is 4.39 Å². The van der Waals surface area contributed by atoms with E-state index in [4.69, 9.17) is 0 Å². The number of hydrogen-bond acceptors (Lipinski definition) is 3. The summed E-state index contributed by atoms with van der Waals surface area (Å²) in [6.45, 7) is 2.98. The molecule has 134 valence electrons. The van der Waals surface area contributed by atoms with Crippen LogP contribution >= 0.6 is 0 Å². The SMILES string of the molecule is Cc1nnc(CNC(=NCc2ccc(F)cc2)NC2CCCC2)n1C. The number of hydrogen-bond donors (Lipinski definition) is 2. The highest BCUT2D eigenvalue weighted by Gasteiger charge is 2.16. The molecule has 1 saturated carbocycles. The Kier molecular flexibility index (Phi) is 5.63. The second-order valence-electron chi connectivity index (χ2n) is 6.49. The van der Waals surface area contributed by atoms with Gasteiger partial charge in [-0.05, 0) is 37.5 Å². The average molecular weight is 344 g/mol. The highest BCUT2D eigenvalue weighted by Crippen LogP contribution is 2.17. The van der Waals surface area contributed by atoms with Gasteiger partial charge in [-0.25, -0.2) is 9.38 Å². The van der Waals surface area contributed by atoms with Crippen LogP contribution in [0.1, 0.15) is 42.9 Å². The van der Waals surface area contributed by atoms with Crippen LogP contribution in [-0.2, 0) is 20.1 Å². The van der Waals surface area contributed by atoms with Gasteiger partial charge in [-0.2, -0.15) is 0 Å². The second kappa shape index (κ2) is 8.09. The summed E-state index contributed by atoms with van der Waals surface area (Å²) in [4.78, 5) is 4.65. The third kappa shape index (κ3) is 4.78. The van der Waals surface area contributed by atoms with Crippen LogP contribution < -0.4 is 10.6 Å². The second-order valence-corrected chi connectivity index (χ2v) is 6.49. The molecule has 0 amide bonds. The molecule has 0 unspecified atom stereocenters. The molecule has 2 aromatic rings. The highest BCUT2D eigenvalue weighted by atomic mass is 19.1. The first-order valence-electron chi connectivity index (χ1n) is 8.76. The molecule has 0 atom stereocenters. The molecule has 2 N–H and O–H groups in total. The molecule has 7 heteroatoms. The minimum Gasteiger partial charge on any atom is -0.354 e. The molecule has 3 rings (SSSR count). The van der Waals surface area contributed by atoms with E-state index in [0.717, 1.165) is 23.2 Å². The molecule has 1 heterocycles. The molecular weight excluding hydrogens is 319 g/mol. The number of rotatable bonds is 5. The van der Waals surface area contributed by atoms with Crippen molar-refractivity contribution in [3.8, 4) is 0 Å². The maximum Gasteiger partial charge on any atom is 0.192 e. The Hall–Kier alpha value is -2.44. The zero-order valence-corrected chi connectivity index (χ0v) is 14.8. The highest BCUT2D eigenvalue weighted by molar-refractivity contribution is 5.80. The molecule has 0 radical (unpaired) electrons. The first-order valence-corrected chi connectivity index (χ1v) is 8.76. The van der Waals surface area contributed by atoms with Crippen LogP contribution in [0, 0.1) is 12.7 Å². The van der Waals surface area contributed by atoms with Crippen LogP contribution in [0.25, 0.3) is 0 Å². The van der Waals surface area contributed by atoms with E-state index in [-0.39, 0.29) is 5.82 Å². The van der Waals surface area contributed by atoms with Gasteiger partial charge in [0.1, 0.15) is 11.6 Å². The number of nitrogens with zero attached hydrogens (tertiary/aromatic N) is 4. The first kappa shape index (κ1) is 17.4. The Morgan fingerprint density at radius 1 is 1.24 bits per heavy atom. The zero-order valence-electron chi connectivity index (χ0n) is 14.8. The van der Waals surface area contributed by atoms with E-state index in [1.54, 1.807) is 12.1 Å². The van der Waals surface area contributed by atoms with E-state index < -0.39 is 0 Å². The van der Waals surface area contributed by atoms with E-state index in [0.29, 0.717) is 19.1 Å². The summed E-state index contributed by atoms with van der Waals surface area (Å²) in [5.41, 5.74) is 0.975. The van der Waals surface area contributed by atoms with E-state index in [9.17, 15) is 4.39 Å². The Labute approximate surface area is 147 Å². The molecule has 1 aliphatic carbocycles. The van der Waals surface area contributed by atoms with Gasteiger partial charge >= 0.3 is 0 Å². The van der Waals surface area contributed by atoms with Gasteiger partial charge in [-0.1, -0.05) is 25.0 Å². The number of halogens is 1. The van der Waals surface area contributed by atoms with E-state index in [1.165, 1.54) is 37.8 Å². The molecule has 0 spiro atoms. The molecule has 1 aromatic heterocycles. The van der Waals surface area contributed by atoms with Crippen molar-refractivity contribution in [3.63, 3.8) is 0 Å². The first-order chi connectivity index (χ1) is 12.1. The summed E-state index contributed by atoms with van der Waals surface area (Å²) in [6, 6.07) is 6.91. The Bertz CT molecular complexity index is 716. The third-order valence-electron chi connectivity index (χ3n) is 4.63. The van der Waals surface area contributed by atoms with E-state index in [2.05, 4.69) is 25.8 Å². The van der Waals surface area contributed by atoms with Crippen molar-refractivity contribution in [2.45, 2.75) is 51.7 Å². The fourth-order valence-electron chi connectivity index (χ4n) is 2.94. The topological polar surface area (TPSA) is 67.1 Å². The smallest absolute Gasteiger partial charge is 0.192 e. The van der Waals surface area contributed by atoms with Crippen molar-refractivity contribution in [2.24, 2.45) is 12.0 Å². The van der Waals surface area contributed by atoms with Gasteiger partial charge < -0.3 is 15.2 Å². The maximum atomic E-state index is 13.0. The predicted octanol–water partition coefficient (Wildman–Crippen LogP) is 2.44. The summed E-state index contributed by atoms with van der Waals surface area (Å²) in [7, 11) is 1.95. The largest absolute Gasteiger partial charge is 0.354 e. The Balaban J connectivity index is 1.66. The molecule has 0 saturated heterocycles. The van der Waals surface area contributed by atoms with Crippen molar-refractivity contribution in [1.82, 2.24) is 25.4 Å². The monoisotopic (exact) mass is 344 g/mol. The zero-order chi connectivity index (χ0) is 17.6. The standard InChI is InChI=1S/C18H25FN6/c1-13-23-24-17(25(13)2)12-21-18(22-16-5-3-4-6-16)20-11-14-7-9-15(19)10-8-14/h7-10,16H,3-6,11-12H2,1-2H3,(H2,20,21,22). The average Bonchev–Trinajstić information content (AvgIpc) is 3.23. The Morgan fingerprint density at radius 2 is 1.96 bits per heavy atom. The van der Waals surface area contributed by atoms with Gasteiger partial charge in [0.05, 0.1) is 13.1 Å². The molecule has 1 aliphatic rings. The van der Waals surface area contributed by atoms with Crippen LogP contribution in [0.15, 0.2) is 29.3 Å². The van der Waals surface area contributed by atoms with E-state index >= 15 is 0 Å². The normalized spacial score (nSPS) is 15.6. The summed E-state index contributed by atoms with van der Waals surface area (Å²) in [5, 5.41) is 15.1. The Morgan fingerprint density at radius 3 is 2.60 bits per heavy atom. The number of aliphatic imine (C=N–C) groups is 1. The van der Waals surface area contributed by atoms with Crippen molar-refractivity contribution in [1.29, 1.82) is 0 Å². The lowest BCUT2D eigenvalue weighted by atomic mass is 10.2. The molecule has 0 aliphatic heterocycles. The molecule has 1 aromatic carbocycles. The van der Waals surface area contributed by atoms with Gasteiger partial charge in [0, 0.05) is 13.1 Å². The lowest BCUT2D eigenvalue weighted by Crippen LogP contribution is -2.42. The van der Waals surface area contributed by atoms with Crippen LogP contribution in [0.5, 0.6) is 0 Å². The van der Waals surface area contributed by atoms with Crippen molar-refractivity contribution in [2.75, 3.05) is 0 Å². The van der Waals surface area contributed by atoms with E-state index in [1.807, 2.05) is 18.5 Å². The van der Waals surface area contributed by atoms with Crippen molar-refractivity contribution >= 4 is 5.96 Å². The van der Waals surface area contributed by atoms with Crippen LogP contribution in [0.2, 0.25) is 0 Å². The van der Waals surface area contributed by atoms with Crippen molar-refractivity contribution in [3.05, 3.63) is 47.3 Å². The summed E-state index contributed by atoms with van der Waals surface area (Å²) < 4.78 is 15.0. The maximum absolute atomic E-state index is 13.0. The fourth-order valence-corrected chi connectivity index (χ4v) is 2.94. The number of benzene rings is 1. The molecule has 6 nitrogen and oxygen atoms in total. The minimum atomic E-state index is -0.229. The molecule has 25 heavy (non-hydrogen) atoms. The number of guanidine groups is 1. The van der Waals surface area contributed by atoms with Crippen LogP contribution in [-0.4, -0.2) is 26.8 Å². The fraction of sp³-hybridized carbons (Fsp3) is 0.500. The summed E-state index contributed by atoms with van der Waals surface area (Å²) in [5.74, 6) is 2.27. The molecule has 1 fully saturated rings. The van der Waals surface area contributed by atoms with Gasteiger partial charge in [-0.15, -0.1) is 10.2 Å². The predicted molar refractivity (Wildman–Crippen MR) is 95.5 cm³/mol. The third-order valence-corrected chi connectivity index (χ3v) is 4.63. The van der Waals surface area contributed by atoms with Gasteiger partial charge in [-0.3, -0.25) is 0 Å². The van der Waals surface area contributed by atoms with Gasteiger partial charge in [0.25, 0.3) is 0 Å². The number of aryl methyl sites for hydroxylation is 1. The lowest BCUT2D eigenvalue weighted by Gasteiger charge is -2.17. The quantitative estimate of drug-likeness (QED) is 0.646. The van der Waals surface area contributed by atoms with Crippen LogP contribution in [0.3, 0.4) is 0 Å². The summed E-state index contributed by atoms with van der Waals surface area (Å²) in [6.07, 6.45) is 4.84. The van der Waals surface area contributed by atoms with Gasteiger partial charge in [0.2, 0.25) is 0 Å². The van der Waals surface area contributed by atoms with Gasteiger partial charge in [0.15, 0.2) is 11.8 Å². The molecule has 0 bridgehead atoms. The summed E-state index contributed by atoms with van der Waals surface area (Å²) >= 11 is 0. The minimum absolute atomic E-state index is 0.229. The number of aromatic nitrogens is 3. The number of nitrogens with one attached hydrogen (secondary N) is 2. The van der Waals surface area contributed by atoms with Crippen molar-refractivity contribution < 1.29 is 4.39 Å².